The van der Waals surface area contributed by atoms with Gasteiger partial charge in [-0.2, -0.15) is 22.1 Å². The van der Waals surface area contributed by atoms with Gasteiger partial charge in [0.05, 0.1) is 0 Å². The fraction of sp³-hybridized carbons (Fsp3) is 0.750. The number of nitrogens with zero attached hydrogens (tertiary/aromatic N) is 3. The number of unbranched alkanes of at least 4 members (excludes halogenated alkanes) is 1. The average Bonchev–Trinajstić information content (AvgIpc) is 2.73. The summed E-state index contributed by atoms with van der Waals surface area (Å²) in [4.78, 5) is 37.6. The summed E-state index contributed by atoms with van der Waals surface area (Å²) in [5.74, 6) is 0. The molecular formula is C20H39F4N3O6Si. The third-order valence-corrected chi connectivity index (χ3v) is 7.42. The Kier molecular flexibility index (Phi) is 17.8. The predicted octanol–water partition coefficient (Wildman–Crippen LogP) is 3.87. The minimum atomic E-state index is -3.69. The molecule has 1 aromatic heterocycles. The highest BCUT2D eigenvalue weighted by molar-refractivity contribution is 6.60. The van der Waals surface area contributed by atoms with E-state index < -0.39 is 44.4 Å². The Labute approximate surface area is 198 Å². The summed E-state index contributed by atoms with van der Waals surface area (Å²) < 4.78 is 65.9. The molecule has 0 fully saturated rings. The van der Waals surface area contributed by atoms with E-state index in [0.29, 0.717) is 22.0 Å². The summed E-state index contributed by atoms with van der Waals surface area (Å²) in [7, 11) is 1.32. The first kappa shape index (κ1) is 36.5. The molecule has 1 heterocycles. The summed E-state index contributed by atoms with van der Waals surface area (Å²) in [6.45, 7) is 5.01. The van der Waals surface area contributed by atoms with Crippen molar-refractivity contribution in [1.82, 2.24) is 13.7 Å². The van der Waals surface area contributed by atoms with Crippen molar-refractivity contribution in [2.75, 3.05) is 21.3 Å². The summed E-state index contributed by atoms with van der Waals surface area (Å²) in [5.41, 5.74) is -3.51. The molecule has 0 saturated heterocycles. The lowest BCUT2D eigenvalue weighted by molar-refractivity contribution is -0.0948. The number of rotatable bonds is 12. The summed E-state index contributed by atoms with van der Waals surface area (Å²) in [6, 6.07) is -3.43. The maximum absolute atomic E-state index is 14.3. The topological polar surface area (TPSA) is 93.7 Å². The molecular weight excluding hydrogens is 482 g/mol. The van der Waals surface area contributed by atoms with Crippen LogP contribution in [-0.2, 0) is 32.4 Å². The molecule has 0 aromatic carbocycles. The van der Waals surface area contributed by atoms with Crippen LogP contribution in [0.1, 0.15) is 54.4 Å². The van der Waals surface area contributed by atoms with Gasteiger partial charge in [0.1, 0.15) is 0 Å². The van der Waals surface area contributed by atoms with E-state index in [-0.39, 0.29) is 45.0 Å². The second-order valence-corrected chi connectivity index (χ2v) is 9.69. The van der Waals surface area contributed by atoms with Crippen LogP contribution < -0.4 is 17.1 Å². The highest BCUT2D eigenvalue weighted by Gasteiger charge is 2.38. The van der Waals surface area contributed by atoms with E-state index in [0.717, 1.165) is 6.92 Å². The minimum Gasteiger partial charge on any atom is -0.377 e. The monoisotopic (exact) mass is 521 g/mol. The number of hydrogen-bond acceptors (Lipinski definition) is 6. The third-order valence-electron chi connectivity index (χ3n) is 4.59. The van der Waals surface area contributed by atoms with Crippen molar-refractivity contribution >= 4 is 8.80 Å². The second kappa shape index (κ2) is 16.6. The molecule has 34 heavy (non-hydrogen) atoms. The quantitative estimate of drug-likeness (QED) is 0.306. The molecule has 0 spiro atoms. The number of halogens is 4. The Hall–Kier alpha value is -2.03. The molecule has 202 valence electrons. The van der Waals surface area contributed by atoms with Crippen LogP contribution in [0.5, 0.6) is 0 Å². The molecule has 0 saturated carbocycles. The van der Waals surface area contributed by atoms with Crippen molar-refractivity contribution in [2.45, 2.75) is 79.6 Å². The molecule has 1 aromatic rings. The second-order valence-electron chi connectivity index (χ2n) is 6.60. The standard InChI is InChI=1S/C16H29F2N3O6Si.C2H2F2.2CH4/c1-6-8-10-19-13(22)20(11-9-12-28(25-3,26-4)27-5)15(24)21(14(19)23)16(17,18)7-2;1-2(3)4;;/h6-12H2,1-5H3;1H2;2*1H4. The fourth-order valence-corrected chi connectivity index (χ4v) is 4.48. The van der Waals surface area contributed by atoms with Crippen molar-refractivity contribution in [3.05, 3.63) is 44.1 Å². The minimum absolute atomic E-state index is 0. The van der Waals surface area contributed by atoms with E-state index in [2.05, 4.69) is 6.58 Å². The van der Waals surface area contributed by atoms with E-state index in [1.807, 2.05) is 6.92 Å². The zero-order chi connectivity index (χ0) is 25.1. The number of hydrogen-bond donors (Lipinski definition) is 0. The van der Waals surface area contributed by atoms with E-state index in [1.54, 1.807) is 0 Å². The maximum atomic E-state index is 14.3. The van der Waals surface area contributed by atoms with Gasteiger partial charge in [0.15, 0.2) is 0 Å². The van der Waals surface area contributed by atoms with Gasteiger partial charge in [-0.15, -0.1) is 0 Å². The smallest absolute Gasteiger partial charge is 0.377 e. The van der Waals surface area contributed by atoms with Crippen molar-refractivity contribution in [2.24, 2.45) is 0 Å². The lowest BCUT2D eigenvalue weighted by Gasteiger charge is -2.24. The van der Waals surface area contributed by atoms with E-state index >= 15 is 0 Å². The lowest BCUT2D eigenvalue weighted by Crippen LogP contribution is -2.58. The molecule has 0 aliphatic rings. The fourth-order valence-electron chi connectivity index (χ4n) is 2.78. The first-order chi connectivity index (χ1) is 14.9. The molecule has 1 rings (SSSR count). The summed E-state index contributed by atoms with van der Waals surface area (Å²) in [5, 5.41) is 0. The van der Waals surface area contributed by atoms with Crippen LogP contribution in [0.2, 0.25) is 6.04 Å². The Morgan fingerprint density at radius 3 is 1.59 bits per heavy atom. The van der Waals surface area contributed by atoms with Crippen LogP contribution in [0.4, 0.5) is 17.6 Å². The third kappa shape index (κ3) is 9.68. The molecule has 0 aliphatic carbocycles. The van der Waals surface area contributed by atoms with Gasteiger partial charge < -0.3 is 13.3 Å². The molecule has 0 aliphatic heterocycles. The summed E-state index contributed by atoms with van der Waals surface area (Å²) >= 11 is 0. The van der Waals surface area contributed by atoms with Crippen LogP contribution >= 0.6 is 0 Å². The molecule has 0 unspecified atom stereocenters. The molecule has 14 heteroatoms. The molecule has 0 amide bonds. The SMILES string of the molecule is C.C.C=C(F)F.CCCCn1c(=O)n(CCC[Si](OC)(OC)OC)c(=O)n(C(F)(F)CC)c1=O. The summed E-state index contributed by atoms with van der Waals surface area (Å²) in [6.07, 6.45) is -1.28. The van der Waals surface area contributed by atoms with Gasteiger partial charge in [0.2, 0.25) is 0 Å². The number of alkyl halides is 2. The van der Waals surface area contributed by atoms with Gasteiger partial charge in [-0.3, -0.25) is 0 Å². The average molecular weight is 522 g/mol. The van der Waals surface area contributed by atoms with Crippen molar-refractivity contribution in [3.63, 3.8) is 0 Å². The van der Waals surface area contributed by atoms with Crippen LogP contribution in [0, 0.1) is 0 Å². The maximum Gasteiger partial charge on any atom is 0.500 e. The van der Waals surface area contributed by atoms with Crippen LogP contribution in [-0.4, -0.2) is 43.8 Å². The van der Waals surface area contributed by atoms with E-state index in [9.17, 15) is 31.9 Å². The molecule has 0 N–H and O–H groups in total. The molecule has 0 radical (unpaired) electrons. The van der Waals surface area contributed by atoms with Crippen molar-refractivity contribution < 1.29 is 30.8 Å². The molecule has 0 atom stereocenters. The first-order valence-electron chi connectivity index (χ1n) is 9.88. The largest absolute Gasteiger partial charge is 0.500 e. The molecule has 9 nitrogen and oxygen atoms in total. The Balaban J connectivity index is -0.00000148. The Bertz CT molecular complexity index is 901. The van der Waals surface area contributed by atoms with E-state index in [4.69, 9.17) is 13.3 Å². The Morgan fingerprint density at radius 1 is 0.882 bits per heavy atom. The highest BCUT2D eigenvalue weighted by Crippen LogP contribution is 2.20. The molecule has 0 bridgehead atoms. The van der Waals surface area contributed by atoms with Gasteiger partial charge in [-0.25, -0.2) is 23.5 Å². The van der Waals surface area contributed by atoms with Crippen LogP contribution in [0.15, 0.2) is 27.0 Å². The first-order valence-corrected chi connectivity index (χ1v) is 11.8. The van der Waals surface area contributed by atoms with Gasteiger partial charge in [0, 0.05) is 46.9 Å². The predicted molar refractivity (Wildman–Crippen MR) is 126 cm³/mol. The van der Waals surface area contributed by atoms with Gasteiger partial charge in [-0.1, -0.05) is 35.1 Å². The highest BCUT2D eigenvalue weighted by atomic mass is 28.4. The number of aromatic nitrogens is 3. The Morgan fingerprint density at radius 2 is 1.26 bits per heavy atom. The van der Waals surface area contributed by atoms with Crippen LogP contribution in [0.25, 0.3) is 0 Å². The van der Waals surface area contributed by atoms with Gasteiger partial charge in [-0.05, 0) is 19.4 Å². The van der Waals surface area contributed by atoms with Gasteiger partial charge >= 0.3 is 31.9 Å². The zero-order valence-corrected chi connectivity index (χ0v) is 20.0. The normalized spacial score (nSPS) is 11.1. The van der Waals surface area contributed by atoms with Crippen molar-refractivity contribution in [3.8, 4) is 0 Å². The lowest BCUT2D eigenvalue weighted by atomic mass is 10.3. The van der Waals surface area contributed by atoms with E-state index in [1.165, 1.54) is 21.3 Å². The van der Waals surface area contributed by atoms with Crippen LogP contribution in [0.3, 0.4) is 0 Å². The van der Waals surface area contributed by atoms with Gasteiger partial charge in [0.25, 0.3) is 6.08 Å². The van der Waals surface area contributed by atoms with Crippen molar-refractivity contribution in [1.29, 1.82) is 0 Å². The zero-order valence-electron chi connectivity index (χ0n) is 19.0.